The molecule has 0 spiro atoms. The van der Waals surface area contributed by atoms with E-state index in [1.54, 1.807) is 11.8 Å². The van der Waals surface area contributed by atoms with Crippen LogP contribution in [0.1, 0.15) is 0 Å². The summed E-state index contributed by atoms with van der Waals surface area (Å²) >= 11 is 7.81. The third-order valence-corrected chi connectivity index (χ3v) is 5.74. The highest BCUT2D eigenvalue weighted by atomic mass is 35.5. The molecule has 0 fully saturated rings. The number of benzene rings is 3. The first-order valence-electron chi connectivity index (χ1n) is 8.02. The van der Waals surface area contributed by atoms with E-state index in [1.165, 1.54) is 15.4 Å². The Balaban J connectivity index is 1.79. The Labute approximate surface area is 154 Å². The third-order valence-electron chi connectivity index (χ3n) is 4.34. The van der Waals surface area contributed by atoms with Crippen molar-refractivity contribution in [2.24, 2.45) is 0 Å². The van der Waals surface area contributed by atoms with E-state index in [4.69, 9.17) is 16.6 Å². The minimum Gasteiger partial charge on any atom is -0.337 e. The zero-order chi connectivity index (χ0) is 16.8. The lowest BCUT2D eigenvalue weighted by Crippen LogP contribution is -1.83. The third kappa shape index (κ3) is 2.48. The van der Waals surface area contributed by atoms with Crippen molar-refractivity contribution in [1.29, 1.82) is 0 Å². The molecule has 0 radical (unpaired) electrons. The first-order chi connectivity index (χ1) is 12.3. The van der Waals surface area contributed by atoms with Crippen molar-refractivity contribution in [1.82, 2.24) is 9.97 Å². The standard InChI is InChI=1S/C21H13ClN2S/c22-14-11-9-13(10-12-14)21-23-19-15-5-1-3-7-17(15)25-18-8-4-2-6-16(18)20(19)24-21/h1-12H,(H,23,24). The molecule has 1 N–H and O–H groups in total. The SMILES string of the molecule is Clc1ccc(-c2nc3c([nH]2)-c2ccccc2Sc2ccccc2-3)cc1. The van der Waals surface area contributed by atoms with Gasteiger partial charge in [-0.3, -0.25) is 0 Å². The number of nitrogens with one attached hydrogen (secondary N) is 1. The highest BCUT2D eigenvalue weighted by molar-refractivity contribution is 7.99. The summed E-state index contributed by atoms with van der Waals surface area (Å²) in [5, 5.41) is 0.726. The van der Waals surface area contributed by atoms with Gasteiger partial charge in [0, 0.05) is 31.5 Å². The van der Waals surface area contributed by atoms with Crippen LogP contribution < -0.4 is 0 Å². The lowest BCUT2D eigenvalue weighted by molar-refractivity contribution is 1.29. The maximum absolute atomic E-state index is 6.02. The van der Waals surface area contributed by atoms with Crippen molar-refractivity contribution in [3.8, 4) is 33.9 Å². The lowest BCUT2D eigenvalue weighted by Gasteiger charge is -2.05. The number of hydrogen-bond donors (Lipinski definition) is 1. The first kappa shape index (κ1) is 14.8. The van der Waals surface area contributed by atoms with Gasteiger partial charge in [-0.1, -0.05) is 59.8 Å². The molecule has 0 aliphatic carbocycles. The van der Waals surface area contributed by atoms with Crippen LogP contribution in [0.4, 0.5) is 0 Å². The molecule has 5 rings (SSSR count). The Morgan fingerprint density at radius 1 is 0.760 bits per heavy atom. The molecule has 0 saturated heterocycles. The van der Waals surface area contributed by atoms with Gasteiger partial charge in [0.15, 0.2) is 0 Å². The molecule has 1 aliphatic heterocycles. The summed E-state index contributed by atoms with van der Waals surface area (Å²) in [6, 6.07) is 24.7. The van der Waals surface area contributed by atoms with Gasteiger partial charge in [-0.25, -0.2) is 4.98 Å². The number of aromatic nitrogens is 2. The zero-order valence-corrected chi connectivity index (χ0v) is 14.7. The fourth-order valence-electron chi connectivity index (χ4n) is 3.14. The molecule has 0 atom stereocenters. The molecular weight excluding hydrogens is 348 g/mol. The predicted octanol–water partition coefficient (Wildman–Crippen LogP) is 6.53. The molecule has 4 aromatic rings. The van der Waals surface area contributed by atoms with Gasteiger partial charge < -0.3 is 4.98 Å². The fourth-order valence-corrected chi connectivity index (χ4v) is 4.35. The second-order valence-corrected chi connectivity index (χ2v) is 7.43. The van der Waals surface area contributed by atoms with Gasteiger partial charge in [0.2, 0.25) is 0 Å². The quantitative estimate of drug-likeness (QED) is 0.368. The van der Waals surface area contributed by atoms with Crippen molar-refractivity contribution in [2.45, 2.75) is 9.79 Å². The maximum atomic E-state index is 6.02. The molecule has 1 aromatic heterocycles. The number of nitrogens with zero attached hydrogens (tertiary/aromatic N) is 1. The Kier molecular flexibility index (Phi) is 3.44. The minimum atomic E-state index is 0.726. The topological polar surface area (TPSA) is 28.7 Å². The highest BCUT2D eigenvalue weighted by Crippen LogP contribution is 2.47. The van der Waals surface area contributed by atoms with Crippen LogP contribution in [0.15, 0.2) is 82.6 Å². The zero-order valence-electron chi connectivity index (χ0n) is 13.2. The van der Waals surface area contributed by atoms with Crippen LogP contribution in [-0.4, -0.2) is 9.97 Å². The molecule has 1 aliphatic rings. The lowest BCUT2D eigenvalue weighted by atomic mass is 10.1. The molecule has 0 saturated carbocycles. The summed E-state index contributed by atoms with van der Waals surface area (Å²) in [5.41, 5.74) is 5.44. The summed E-state index contributed by atoms with van der Waals surface area (Å²) in [5.74, 6) is 0.859. The largest absolute Gasteiger partial charge is 0.337 e. The number of hydrogen-bond acceptors (Lipinski definition) is 2. The summed E-state index contributed by atoms with van der Waals surface area (Å²) in [6.45, 7) is 0. The van der Waals surface area contributed by atoms with E-state index in [1.807, 2.05) is 24.3 Å². The average Bonchev–Trinajstić information content (AvgIpc) is 3.03. The van der Waals surface area contributed by atoms with E-state index < -0.39 is 0 Å². The maximum Gasteiger partial charge on any atom is 0.138 e. The van der Waals surface area contributed by atoms with Crippen molar-refractivity contribution in [3.05, 3.63) is 77.8 Å². The Bertz CT molecular complexity index is 1020. The minimum absolute atomic E-state index is 0.726. The number of H-pyrrole nitrogens is 1. The van der Waals surface area contributed by atoms with Gasteiger partial charge in [-0.05, 0) is 36.4 Å². The number of imidazole rings is 1. The van der Waals surface area contributed by atoms with Gasteiger partial charge in [0.05, 0.1) is 11.4 Å². The second-order valence-electron chi connectivity index (χ2n) is 5.91. The van der Waals surface area contributed by atoms with Gasteiger partial charge in [0.25, 0.3) is 0 Å². The number of aromatic amines is 1. The smallest absolute Gasteiger partial charge is 0.138 e. The van der Waals surface area contributed by atoms with Gasteiger partial charge in [0.1, 0.15) is 5.82 Å². The number of fused-ring (bicyclic) bond motifs is 5. The molecule has 3 aromatic carbocycles. The van der Waals surface area contributed by atoms with Crippen LogP contribution in [0.2, 0.25) is 5.02 Å². The van der Waals surface area contributed by atoms with E-state index in [0.29, 0.717) is 0 Å². The van der Waals surface area contributed by atoms with Crippen molar-refractivity contribution < 1.29 is 0 Å². The van der Waals surface area contributed by atoms with E-state index in [0.717, 1.165) is 33.4 Å². The van der Waals surface area contributed by atoms with Crippen LogP contribution in [0.5, 0.6) is 0 Å². The van der Waals surface area contributed by atoms with Crippen molar-refractivity contribution in [3.63, 3.8) is 0 Å². The Hall–Kier alpha value is -2.49. The molecule has 4 heteroatoms. The van der Waals surface area contributed by atoms with E-state index in [9.17, 15) is 0 Å². The molecule has 0 bridgehead atoms. The average molecular weight is 361 g/mol. The number of rotatable bonds is 1. The summed E-state index contributed by atoms with van der Waals surface area (Å²) in [4.78, 5) is 10.9. The van der Waals surface area contributed by atoms with Crippen LogP contribution in [0.25, 0.3) is 33.9 Å². The Morgan fingerprint density at radius 2 is 1.40 bits per heavy atom. The monoisotopic (exact) mass is 360 g/mol. The van der Waals surface area contributed by atoms with Crippen LogP contribution in [0, 0.1) is 0 Å². The normalized spacial score (nSPS) is 12.0. The van der Waals surface area contributed by atoms with Crippen molar-refractivity contribution >= 4 is 23.4 Å². The summed E-state index contributed by atoms with van der Waals surface area (Å²) < 4.78 is 0. The molecule has 25 heavy (non-hydrogen) atoms. The highest BCUT2D eigenvalue weighted by Gasteiger charge is 2.23. The molecule has 120 valence electrons. The van der Waals surface area contributed by atoms with E-state index in [-0.39, 0.29) is 0 Å². The molecule has 2 heterocycles. The van der Waals surface area contributed by atoms with E-state index in [2.05, 4.69) is 53.5 Å². The molecule has 0 amide bonds. The van der Waals surface area contributed by atoms with Gasteiger partial charge >= 0.3 is 0 Å². The summed E-state index contributed by atoms with van der Waals surface area (Å²) in [6.07, 6.45) is 0. The summed E-state index contributed by atoms with van der Waals surface area (Å²) in [7, 11) is 0. The van der Waals surface area contributed by atoms with Crippen LogP contribution in [0.3, 0.4) is 0 Å². The van der Waals surface area contributed by atoms with Gasteiger partial charge in [-0.2, -0.15) is 0 Å². The predicted molar refractivity (Wildman–Crippen MR) is 104 cm³/mol. The molecular formula is C21H13ClN2S. The molecule has 0 unspecified atom stereocenters. The van der Waals surface area contributed by atoms with Crippen LogP contribution in [-0.2, 0) is 0 Å². The van der Waals surface area contributed by atoms with Crippen molar-refractivity contribution in [2.75, 3.05) is 0 Å². The van der Waals surface area contributed by atoms with Crippen LogP contribution >= 0.6 is 23.4 Å². The fraction of sp³-hybridized carbons (Fsp3) is 0. The first-order valence-corrected chi connectivity index (χ1v) is 9.21. The van der Waals surface area contributed by atoms with E-state index >= 15 is 0 Å². The second kappa shape index (κ2) is 5.80. The molecule has 2 nitrogen and oxygen atoms in total. The van der Waals surface area contributed by atoms with Gasteiger partial charge in [-0.15, -0.1) is 0 Å². The Morgan fingerprint density at radius 3 is 2.16 bits per heavy atom. The number of halogens is 1.